The van der Waals surface area contributed by atoms with Crippen molar-refractivity contribution in [3.05, 3.63) is 131 Å². The molecule has 2 amide bonds. The van der Waals surface area contributed by atoms with Gasteiger partial charge in [-0.3, -0.25) is 9.59 Å². The van der Waals surface area contributed by atoms with Crippen molar-refractivity contribution in [1.29, 1.82) is 0 Å². The molecule has 0 unspecified atom stereocenters. The summed E-state index contributed by atoms with van der Waals surface area (Å²) in [6, 6.07) is 29.8. The lowest BCUT2D eigenvalue weighted by atomic mass is 10.0. The second-order valence-electron chi connectivity index (χ2n) is 7.90. The Kier molecular flexibility index (Phi) is 7.13. The van der Waals surface area contributed by atoms with Gasteiger partial charge in [0.15, 0.2) is 0 Å². The molecule has 0 heterocycles. The molecule has 170 valence electrons. The van der Waals surface area contributed by atoms with Gasteiger partial charge in [0.05, 0.1) is 6.54 Å². The Balaban J connectivity index is 1.55. The maximum Gasteiger partial charge on any atom is 0.258 e. The summed E-state index contributed by atoms with van der Waals surface area (Å²) in [5, 5.41) is 2.90. The van der Waals surface area contributed by atoms with Gasteiger partial charge in [-0.2, -0.15) is 0 Å². The van der Waals surface area contributed by atoms with E-state index in [1.54, 1.807) is 47.4 Å². The summed E-state index contributed by atoms with van der Waals surface area (Å²) in [5.74, 6) is -0.765. The molecule has 0 aliphatic rings. The van der Waals surface area contributed by atoms with Gasteiger partial charge in [0.1, 0.15) is 5.82 Å². The van der Waals surface area contributed by atoms with E-state index in [4.69, 9.17) is 0 Å². The third kappa shape index (κ3) is 5.38. The summed E-state index contributed by atoms with van der Waals surface area (Å²) in [6.45, 7) is 2.35. The molecule has 0 spiro atoms. The van der Waals surface area contributed by atoms with Crippen LogP contribution in [0.2, 0.25) is 0 Å². The highest BCUT2D eigenvalue weighted by atomic mass is 19.1. The van der Waals surface area contributed by atoms with Crippen LogP contribution in [-0.2, 0) is 13.0 Å². The number of carbonyl (C=O) groups is 2. The third-order valence-corrected chi connectivity index (χ3v) is 5.60. The molecular formula is C29H25FN2O2. The SMILES string of the molecule is CCc1ccccc1C(=O)Nc1ccc(C(=O)N(Cc2ccccc2)c2ccc(F)cc2)cc1. The highest BCUT2D eigenvalue weighted by Gasteiger charge is 2.19. The molecule has 0 fully saturated rings. The Hall–Kier alpha value is -4.25. The first-order valence-electron chi connectivity index (χ1n) is 11.2. The monoisotopic (exact) mass is 452 g/mol. The Morgan fingerprint density at radius 1 is 0.794 bits per heavy atom. The van der Waals surface area contributed by atoms with Crippen LogP contribution in [0, 0.1) is 5.82 Å². The number of hydrogen-bond acceptors (Lipinski definition) is 2. The predicted octanol–water partition coefficient (Wildman–Crippen LogP) is 6.49. The van der Waals surface area contributed by atoms with E-state index in [1.807, 2.05) is 55.5 Å². The molecule has 0 aromatic heterocycles. The van der Waals surface area contributed by atoms with Crippen LogP contribution in [0.25, 0.3) is 0 Å². The maximum absolute atomic E-state index is 13.5. The van der Waals surface area contributed by atoms with Crippen molar-refractivity contribution in [2.24, 2.45) is 0 Å². The summed E-state index contributed by atoms with van der Waals surface area (Å²) < 4.78 is 13.5. The van der Waals surface area contributed by atoms with Crippen molar-refractivity contribution in [2.75, 3.05) is 10.2 Å². The van der Waals surface area contributed by atoms with Crippen LogP contribution in [-0.4, -0.2) is 11.8 Å². The largest absolute Gasteiger partial charge is 0.322 e. The molecule has 4 nitrogen and oxygen atoms in total. The van der Waals surface area contributed by atoms with Crippen LogP contribution < -0.4 is 10.2 Å². The molecule has 0 radical (unpaired) electrons. The molecule has 0 bridgehead atoms. The van der Waals surface area contributed by atoms with Gasteiger partial charge in [0, 0.05) is 22.5 Å². The van der Waals surface area contributed by atoms with Gasteiger partial charge in [-0.05, 0) is 72.1 Å². The number of anilines is 2. The molecule has 0 saturated carbocycles. The van der Waals surface area contributed by atoms with Gasteiger partial charge in [-0.25, -0.2) is 4.39 Å². The molecule has 0 aliphatic carbocycles. The number of nitrogens with zero attached hydrogens (tertiary/aromatic N) is 1. The molecule has 0 aliphatic heterocycles. The molecule has 0 atom stereocenters. The van der Waals surface area contributed by atoms with Gasteiger partial charge >= 0.3 is 0 Å². The Morgan fingerprint density at radius 3 is 2.12 bits per heavy atom. The highest BCUT2D eigenvalue weighted by Crippen LogP contribution is 2.22. The number of halogens is 1. The minimum atomic E-state index is -0.361. The quantitative estimate of drug-likeness (QED) is 0.349. The van der Waals surface area contributed by atoms with Crippen LogP contribution in [0.1, 0.15) is 38.8 Å². The van der Waals surface area contributed by atoms with Gasteiger partial charge in [0.2, 0.25) is 0 Å². The normalized spacial score (nSPS) is 10.5. The smallest absolute Gasteiger partial charge is 0.258 e. The Morgan fingerprint density at radius 2 is 1.44 bits per heavy atom. The van der Waals surface area contributed by atoms with E-state index in [0.717, 1.165) is 17.5 Å². The van der Waals surface area contributed by atoms with E-state index in [2.05, 4.69) is 5.32 Å². The van der Waals surface area contributed by atoms with Crippen molar-refractivity contribution >= 4 is 23.2 Å². The first-order chi connectivity index (χ1) is 16.5. The van der Waals surface area contributed by atoms with Gasteiger partial charge in [0.25, 0.3) is 11.8 Å². The second kappa shape index (κ2) is 10.6. The van der Waals surface area contributed by atoms with E-state index in [1.165, 1.54) is 12.1 Å². The zero-order valence-corrected chi connectivity index (χ0v) is 18.9. The predicted molar refractivity (Wildman–Crippen MR) is 134 cm³/mol. The molecule has 0 saturated heterocycles. The average molecular weight is 453 g/mol. The zero-order valence-electron chi connectivity index (χ0n) is 18.9. The fourth-order valence-corrected chi connectivity index (χ4v) is 3.77. The van der Waals surface area contributed by atoms with E-state index in [-0.39, 0.29) is 17.6 Å². The fourth-order valence-electron chi connectivity index (χ4n) is 3.77. The summed E-state index contributed by atoms with van der Waals surface area (Å²) in [4.78, 5) is 27.7. The molecule has 4 rings (SSSR count). The zero-order chi connectivity index (χ0) is 23.9. The number of aryl methyl sites for hydroxylation is 1. The number of benzene rings is 4. The third-order valence-electron chi connectivity index (χ3n) is 5.60. The lowest BCUT2D eigenvalue weighted by Crippen LogP contribution is -2.30. The van der Waals surface area contributed by atoms with Crippen molar-refractivity contribution in [2.45, 2.75) is 19.9 Å². The van der Waals surface area contributed by atoms with Crippen LogP contribution in [0.15, 0.2) is 103 Å². The topological polar surface area (TPSA) is 49.4 Å². The molecule has 4 aromatic carbocycles. The van der Waals surface area contributed by atoms with E-state index >= 15 is 0 Å². The highest BCUT2D eigenvalue weighted by molar-refractivity contribution is 6.07. The maximum atomic E-state index is 13.5. The van der Waals surface area contributed by atoms with E-state index < -0.39 is 0 Å². The van der Waals surface area contributed by atoms with Gasteiger partial charge in [-0.15, -0.1) is 0 Å². The lowest BCUT2D eigenvalue weighted by Gasteiger charge is -2.23. The van der Waals surface area contributed by atoms with Crippen LogP contribution in [0.4, 0.5) is 15.8 Å². The van der Waals surface area contributed by atoms with Gasteiger partial charge < -0.3 is 10.2 Å². The number of amides is 2. The second-order valence-corrected chi connectivity index (χ2v) is 7.90. The summed E-state index contributed by atoms with van der Waals surface area (Å²) in [5.41, 5.74) is 4.23. The summed E-state index contributed by atoms with van der Waals surface area (Å²) >= 11 is 0. The molecular weight excluding hydrogens is 427 g/mol. The van der Waals surface area contributed by atoms with Crippen LogP contribution in [0.3, 0.4) is 0 Å². The lowest BCUT2D eigenvalue weighted by molar-refractivity contribution is 0.0984. The van der Waals surface area contributed by atoms with Crippen LogP contribution >= 0.6 is 0 Å². The molecule has 5 heteroatoms. The summed E-state index contributed by atoms with van der Waals surface area (Å²) in [7, 11) is 0. The molecule has 4 aromatic rings. The number of hydrogen-bond donors (Lipinski definition) is 1. The minimum Gasteiger partial charge on any atom is -0.322 e. The Labute approximate surface area is 198 Å². The van der Waals surface area contributed by atoms with Crippen molar-refractivity contribution < 1.29 is 14.0 Å². The number of nitrogens with one attached hydrogen (secondary N) is 1. The van der Waals surface area contributed by atoms with E-state index in [0.29, 0.717) is 29.0 Å². The standard InChI is InChI=1S/C29H25FN2O2/c1-2-22-10-6-7-11-27(22)28(33)31-25-16-12-23(13-17-25)29(34)32(20-21-8-4-3-5-9-21)26-18-14-24(30)15-19-26/h3-19H,2,20H2,1H3,(H,31,33). The van der Waals surface area contributed by atoms with Crippen molar-refractivity contribution in [1.82, 2.24) is 0 Å². The van der Waals surface area contributed by atoms with Crippen molar-refractivity contribution in [3.63, 3.8) is 0 Å². The molecule has 34 heavy (non-hydrogen) atoms. The number of carbonyl (C=O) groups excluding carboxylic acids is 2. The average Bonchev–Trinajstić information content (AvgIpc) is 2.88. The fraction of sp³-hybridized carbons (Fsp3) is 0.103. The first-order valence-corrected chi connectivity index (χ1v) is 11.2. The first kappa shape index (κ1) is 22.9. The van der Waals surface area contributed by atoms with Gasteiger partial charge in [-0.1, -0.05) is 55.5 Å². The Bertz CT molecular complexity index is 1270. The minimum absolute atomic E-state index is 0.187. The summed E-state index contributed by atoms with van der Waals surface area (Å²) in [6.07, 6.45) is 0.762. The van der Waals surface area contributed by atoms with Crippen molar-refractivity contribution in [3.8, 4) is 0 Å². The van der Waals surface area contributed by atoms with Crippen LogP contribution in [0.5, 0.6) is 0 Å². The number of rotatable bonds is 7. The molecule has 1 N–H and O–H groups in total. The van der Waals surface area contributed by atoms with E-state index in [9.17, 15) is 14.0 Å².